The maximum Gasteiger partial charge on any atom is 0.274 e. The SMILES string of the molecule is C=C1CCN(C(=O)c2cc(-c3ccc(OC)cc3)n(-c3ccccc3)n2)CC1. The molecular weight excluding hydrogens is 350 g/mol. The van der Waals surface area contributed by atoms with Crippen LogP contribution in [0.15, 0.2) is 72.8 Å². The molecule has 3 aromatic rings. The molecule has 1 saturated heterocycles. The molecule has 1 aromatic heterocycles. The highest BCUT2D eigenvalue weighted by atomic mass is 16.5. The Morgan fingerprint density at radius 1 is 1.04 bits per heavy atom. The van der Waals surface area contributed by atoms with E-state index < -0.39 is 0 Å². The van der Waals surface area contributed by atoms with Crippen molar-refractivity contribution in [3.05, 3.63) is 78.5 Å². The number of methoxy groups -OCH3 is 1. The summed E-state index contributed by atoms with van der Waals surface area (Å²) in [6.45, 7) is 5.43. The number of piperidine rings is 1. The highest BCUT2D eigenvalue weighted by molar-refractivity contribution is 5.93. The number of amides is 1. The van der Waals surface area contributed by atoms with E-state index >= 15 is 0 Å². The second-order valence-electron chi connectivity index (χ2n) is 6.93. The quantitative estimate of drug-likeness (QED) is 0.639. The lowest BCUT2D eigenvalue weighted by molar-refractivity contribution is 0.0737. The number of rotatable bonds is 4. The van der Waals surface area contributed by atoms with Gasteiger partial charge in [0, 0.05) is 18.7 Å². The molecule has 1 aliphatic heterocycles. The monoisotopic (exact) mass is 373 g/mol. The summed E-state index contributed by atoms with van der Waals surface area (Å²) in [5.74, 6) is 0.760. The molecule has 0 saturated carbocycles. The Labute approximate surface area is 164 Å². The van der Waals surface area contributed by atoms with Crippen molar-refractivity contribution in [2.75, 3.05) is 20.2 Å². The average Bonchev–Trinajstić information content (AvgIpc) is 3.20. The van der Waals surface area contributed by atoms with Crippen molar-refractivity contribution in [2.24, 2.45) is 0 Å². The lowest BCUT2D eigenvalue weighted by Crippen LogP contribution is -2.36. The van der Waals surface area contributed by atoms with Crippen LogP contribution >= 0.6 is 0 Å². The zero-order valence-electron chi connectivity index (χ0n) is 16.0. The number of benzene rings is 2. The third kappa shape index (κ3) is 3.56. The minimum absolute atomic E-state index is 0.0306. The van der Waals surface area contributed by atoms with Gasteiger partial charge < -0.3 is 9.64 Å². The van der Waals surface area contributed by atoms with Crippen LogP contribution in [0.1, 0.15) is 23.3 Å². The summed E-state index contributed by atoms with van der Waals surface area (Å²) in [7, 11) is 1.65. The summed E-state index contributed by atoms with van der Waals surface area (Å²) in [5, 5.41) is 4.67. The van der Waals surface area contributed by atoms with Crippen molar-refractivity contribution in [2.45, 2.75) is 12.8 Å². The first kappa shape index (κ1) is 18.0. The third-order valence-electron chi connectivity index (χ3n) is 5.07. The van der Waals surface area contributed by atoms with Crippen LogP contribution in [0.2, 0.25) is 0 Å². The normalized spacial score (nSPS) is 14.2. The number of nitrogens with zero attached hydrogens (tertiary/aromatic N) is 3. The molecule has 5 nitrogen and oxygen atoms in total. The first-order valence-electron chi connectivity index (χ1n) is 9.41. The van der Waals surface area contributed by atoms with Gasteiger partial charge in [0.2, 0.25) is 0 Å². The molecule has 2 heterocycles. The van der Waals surface area contributed by atoms with Crippen LogP contribution in [-0.2, 0) is 0 Å². The molecule has 0 aliphatic carbocycles. The number of likely N-dealkylation sites (tertiary alicyclic amines) is 1. The van der Waals surface area contributed by atoms with E-state index in [0.29, 0.717) is 18.8 Å². The molecule has 0 radical (unpaired) electrons. The van der Waals surface area contributed by atoms with Crippen LogP contribution in [0.25, 0.3) is 16.9 Å². The van der Waals surface area contributed by atoms with Crippen molar-refractivity contribution in [1.29, 1.82) is 0 Å². The molecule has 1 amide bonds. The molecule has 4 rings (SSSR count). The van der Waals surface area contributed by atoms with E-state index in [9.17, 15) is 4.79 Å². The minimum atomic E-state index is -0.0306. The van der Waals surface area contributed by atoms with Crippen LogP contribution in [0.5, 0.6) is 5.75 Å². The number of para-hydroxylation sites is 1. The molecule has 2 aromatic carbocycles. The van der Waals surface area contributed by atoms with Crippen molar-refractivity contribution in [3.63, 3.8) is 0 Å². The number of ether oxygens (including phenoxy) is 1. The van der Waals surface area contributed by atoms with Gasteiger partial charge in [-0.3, -0.25) is 4.79 Å². The zero-order chi connectivity index (χ0) is 19.5. The first-order valence-corrected chi connectivity index (χ1v) is 9.41. The third-order valence-corrected chi connectivity index (χ3v) is 5.07. The van der Waals surface area contributed by atoms with E-state index in [4.69, 9.17) is 4.74 Å². The molecule has 0 atom stereocenters. The molecule has 5 heteroatoms. The van der Waals surface area contributed by atoms with E-state index in [-0.39, 0.29) is 5.91 Å². The fourth-order valence-electron chi connectivity index (χ4n) is 3.41. The molecule has 1 fully saturated rings. The standard InChI is InChI=1S/C23H23N3O2/c1-17-12-14-25(15-13-17)23(27)21-16-22(18-8-10-20(28-2)11-9-18)26(24-21)19-6-4-3-5-7-19/h3-11,16H,1,12-15H2,2H3. The molecule has 28 heavy (non-hydrogen) atoms. The van der Waals surface area contributed by atoms with Gasteiger partial charge in [-0.15, -0.1) is 0 Å². The Bertz CT molecular complexity index is 980. The van der Waals surface area contributed by atoms with E-state index in [1.165, 1.54) is 5.57 Å². The predicted octanol–water partition coefficient (Wildman–Crippen LogP) is 4.34. The van der Waals surface area contributed by atoms with E-state index in [1.54, 1.807) is 7.11 Å². The zero-order valence-corrected chi connectivity index (χ0v) is 16.0. The molecule has 1 aliphatic rings. The van der Waals surface area contributed by atoms with Gasteiger partial charge >= 0.3 is 0 Å². The Morgan fingerprint density at radius 2 is 1.71 bits per heavy atom. The van der Waals surface area contributed by atoms with Crippen LogP contribution in [0.3, 0.4) is 0 Å². The van der Waals surface area contributed by atoms with Gasteiger partial charge in [-0.1, -0.05) is 30.4 Å². The summed E-state index contributed by atoms with van der Waals surface area (Å²) in [6, 6.07) is 19.5. The lowest BCUT2D eigenvalue weighted by atomic mass is 10.1. The van der Waals surface area contributed by atoms with Crippen molar-refractivity contribution in [1.82, 2.24) is 14.7 Å². The molecule has 0 spiro atoms. The van der Waals surface area contributed by atoms with Gasteiger partial charge in [-0.05, 0) is 55.3 Å². The fraction of sp³-hybridized carbons (Fsp3) is 0.217. The summed E-state index contributed by atoms with van der Waals surface area (Å²) >= 11 is 0. The highest BCUT2D eigenvalue weighted by Crippen LogP contribution is 2.27. The fourth-order valence-corrected chi connectivity index (χ4v) is 3.41. The molecule has 142 valence electrons. The van der Waals surface area contributed by atoms with E-state index in [1.807, 2.05) is 70.2 Å². The Kier molecular flexibility index (Phi) is 4.98. The average molecular weight is 373 g/mol. The van der Waals surface area contributed by atoms with Crippen LogP contribution in [0.4, 0.5) is 0 Å². The molecule has 0 bridgehead atoms. The van der Waals surface area contributed by atoms with Crippen LogP contribution in [0, 0.1) is 0 Å². The number of aromatic nitrogens is 2. The van der Waals surface area contributed by atoms with Gasteiger partial charge in [0.05, 0.1) is 18.5 Å². The van der Waals surface area contributed by atoms with Gasteiger partial charge in [-0.25, -0.2) is 4.68 Å². The van der Waals surface area contributed by atoms with E-state index in [2.05, 4.69) is 11.7 Å². The summed E-state index contributed by atoms with van der Waals surface area (Å²) in [5.41, 5.74) is 4.43. The number of hydrogen-bond donors (Lipinski definition) is 0. The Balaban J connectivity index is 1.73. The van der Waals surface area contributed by atoms with Crippen LogP contribution in [-0.4, -0.2) is 40.8 Å². The number of carbonyl (C=O) groups excluding carboxylic acids is 1. The van der Waals surface area contributed by atoms with Gasteiger partial charge in [0.25, 0.3) is 5.91 Å². The van der Waals surface area contributed by atoms with Crippen molar-refractivity contribution in [3.8, 4) is 22.7 Å². The largest absolute Gasteiger partial charge is 0.497 e. The summed E-state index contributed by atoms with van der Waals surface area (Å²) in [6.07, 6.45) is 1.72. The molecule has 0 unspecified atom stereocenters. The van der Waals surface area contributed by atoms with E-state index in [0.717, 1.165) is 35.5 Å². The number of carbonyl (C=O) groups is 1. The predicted molar refractivity (Wildman–Crippen MR) is 110 cm³/mol. The maximum absolute atomic E-state index is 13.0. The summed E-state index contributed by atoms with van der Waals surface area (Å²) < 4.78 is 7.09. The Morgan fingerprint density at radius 3 is 2.36 bits per heavy atom. The highest BCUT2D eigenvalue weighted by Gasteiger charge is 2.24. The summed E-state index contributed by atoms with van der Waals surface area (Å²) in [4.78, 5) is 14.9. The van der Waals surface area contributed by atoms with Gasteiger partial charge in [0.1, 0.15) is 5.75 Å². The maximum atomic E-state index is 13.0. The number of hydrogen-bond acceptors (Lipinski definition) is 3. The second-order valence-corrected chi connectivity index (χ2v) is 6.93. The first-order chi connectivity index (χ1) is 13.7. The van der Waals surface area contributed by atoms with Crippen molar-refractivity contribution >= 4 is 5.91 Å². The van der Waals surface area contributed by atoms with Crippen LogP contribution < -0.4 is 4.74 Å². The smallest absolute Gasteiger partial charge is 0.274 e. The topological polar surface area (TPSA) is 47.4 Å². The lowest BCUT2D eigenvalue weighted by Gasteiger charge is -2.27. The van der Waals surface area contributed by atoms with Gasteiger partial charge in [0.15, 0.2) is 5.69 Å². The second kappa shape index (κ2) is 7.72. The molecule has 0 N–H and O–H groups in total. The van der Waals surface area contributed by atoms with Gasteiger partial charge in [-0.2, -0.15) is 5.10 Å². The van der Waals surface area contributed by atoms with Crippen molar-refractivity contribution < 1.29 is 9.53 Å². The minimum Gasteiger partial charge on any atom is -0.497 e. The Hall–Kier alpha value is -3.34. The molecular formula is C23H23N3O2.